The molecule has 0 saturated carbocycles. The summed E-state index contributed by atoms with van der Waals surface area (Å²) in [5.74, 6) is -0.602. The van der Waals surface area contributed by atoms with Gasteiger partial charge < -0.3 is 14.2 Å². The van der Waals surface area contributed by atoms with E-state index in [9.17, 15) is 19.7 Å². The highest BCUT2D eigenvalue weighted by Gasteiger charge is 2.27. The highest BCUT2D eigenvalue weighted by atomic mass is 16.6. The number of hydrogen-bond donors (Lipinski definition) is 0. The molecule has 11 nitrogen and oxygen atoms in total. The van der Waals surface area contributed by atoms with Crippen molar-refractivity contribution in [2.45, 2.75) is 20.0 Å². The van der Waals surface area contributed by atoms with Crippen molar-refractivity contribution in [1.29, 1.82) is 0 Å². The largest absolute Gasteiger partial charge is 0.493 e. The first-order chi connectivity index (χ1) is 18.3. The maximum absolute atomic E-state index is 13.3. The summed E-state index contributed by atoms with van der Waals surface area (Å²) in [5.41, 5.74) is 0.568. The van der Waals surface area contributed by atoms with Gasteiger partial charge in [-0.05, 0) is 32.0 Å². The molecule has 0 spiro atoms. The number of aromatic nitrogens is 2. The van der Waals surface area contributed by atoms with Crippen molar-refractivity contribution in [1.82, 2.24) is 9.66 Å². The molecule has 0 radical (unpaired) electrons. The summed E-state index contributed by atoms with van der Waals surface area (Å²) in [4.78, 5) is 41.2. The van der Waals surface area contributed by atoms with Crippen molar-refractivity contribution < 1.29 is 23.9 Å². The number of benzene rings is 3. The van der Waals surface area contributed by atoms with Crippen LogP contribution >= 0.6 is 0 Å². The zero-order chi connectivity index (χ0) is 27.2. The van der Waals surface area contributed by atoms with Gasteiger partial charge in [-0.25, -0.2) is 9.78 Å². The zero-order valence-electron chi connectivity index (χ0n) is 20.9. The fourth-order valence-electron chi connectivity index (χ4n) is 3.70. The highest BCUT2D eigenvalue weighted by Crippen LogP contribution is 2.38. The van der Waals surface area contributed by atoms with Crippen molar-refractivity contribution in [3.63, 3.8) is 0 Å². The number of para-hydroxylation sites is 1. The van der Waals surface area contributed by atoms with Crippen LogP contribution in [0.15, 0.2) is 76.6 Å². The lowest BCUT2D eigenvalue weighted by Gasteiger charge is -2.16. The summed E-state index contributed by atoms with van der Waals surface area (Å²) < 4.78 is 16.9. The van der Waals surface area contributed by atoms with E-state index in [1.807, 2.05) is 18.2 Å². The first-order valence-electron chi connectivity index (χ1n) is 11.6. The molecule has 11 heteroatoms. The Hall–Kier alpha value is -5.06. The van der Waals surface area contributed by atoms with Crippen LogP contribution in [-0.2, 0) is 9.53 Å². The maximum atomic E-state index is 13.3. The minimum atomic E-state index is -1.11. The van der Waals surface area contributed by atoms with Crippen molar-refractivity contribution in [2.24, 2.45) is 5.10 Å². The first-order valence-corrected chi connectivity index (χ1v) is 11.6. The molecule has 0 N–H and O–H groups in total. The number of carbonyl (C=O) groups excluding carboxylic acids is 1. The number of ether oxygens (including phenoxy) is 3. The molecule has 0 aliphatic rings. The van der Waals surface area contributed by atoms with Crippen LogP contribution in [0.1, 0.15) is 19.4 Å². The third-order valence-electron chi connectivity index (χ3n) is 5.50. The summed E-state index contributed by atoms with van der Waals surface area (Å²) >= 11 is 0. The quantitative estimate of drug-likeness (QED) is 0.140. The van der Waals surface area contributed by atoms with Crippen molar-refractivity contribution in [3.05, 3.63) is 92.8 Å². The van der Waals surface area contributed by atoms with Crippen LogP contribution in [0.25, 0.3) is 22.3 Å². The second kappa shape index (κ2) is 11.3. The predicted molar refractivity (Wildman–Crippen MR) is 141 cm³/mol. The molecule has 0 saturated heterocycles. The molecule has 4 aromatic rings. The third-order valence-corrected chi connectivity index (χ3v) is 5.50. The smallest absolute Gasteiger partial charge is 0.347 e. The van der Waals surface area contributed by atoms with Crippen molar-refractivity contribution in [3.8, 4) is 22.9 Å². The van der Waals surface area contributed by atoms with E-state index in [2.05, 4.69) is 10.1 Å². The fourth-order valence-corrected chi connectivity index (χ4v) is 3.70. The van der Waals surface area contributed by atoms with E-state index in [0.29, 0.717) is 22.3 Å². The summed E-state index contributed by atoms with van der Waals surface area (Å²) in [5, 5.41) is 16.6. The Labute approximate surface area is 217 Å². The average Bonchev–Trinajstić information content (AvgIpc) is 2.93. The molecular weight excluding hydrogens is 492 g/mol. The van der Waals surface area contributed by atoms with E-state index in [1.165, 1.54) is 32.4 Å². The molecule has 3 aromatic carbocycles. The van der Waals surface area contributed by atoms with Gasteiger partial charge in [-0.1, -0.05) is 42.5 Å². The Balaban J connectivity index is 1.82. The normalized spacial score (nSPS) is 11.9. The van der Waals surface area contributed by atoms with Crippen molar-refractivity contribution in [2.75, 3.05) is 13.7 Å². The zero-order valence-corrected chi connectivity index (χ0v) is 20.9. The Morgan fingerprint density at radius 3 is 2.55 bits per heavy atom. The molecule has 0 aliphatic carbocycles. The molecule has 0 unspecified atom stereocenters. The van der Waals surface area contributed by atoms with Gasteiger partial charge in [0.25, 0.3) is 5.56 Å². The Kier molecular flexibility index (Phi) is 7.76. The van der Waals surface area contributed by atoms with Crippen LogP contribution < -0.4 is 15.0 Å². The molecule has 194 valence electrons. The standard InChI is InChI=1S/C27H24N4O7/c1-4-37-27(33)17(2)38-24-22(31(34)35)14-18(15-23(24)36-3)16-28-30-25(19-10-6-5-7-11-19)29-21-13-9-8-12-20(21)26(30)32/h5-17H,4H2,1-3H3/t17-/m0/s1. The van der Waals surface area contributed by atoms with E-state index >= 15 is 0 Å². The van der Waals surface area contributed by atoms with Gasteiger partial charge in [0.15, 0.2) is 17.7 Å². The van der Waals surface area contributed by atoms with Crippen molar-refractivity contribution >= 4 is 28.8 Å². The average molecular weight is 517 g/mol. The van der Waals surface area contributed by atoms with E-state index in [0.717, 1.165) is 4.68 Å². The van der Waals surface area contributed by atoms with Gasteiger partial charge in [-0.2, -0.15) is 9.78 Å². The van der Waals surface area contributed by atoms with Crippen LogP contribution in [0.2, 0.25) is 0 Å². The fraction of sp³-hybridized carbons (Fsp3) is 0.185. The number of esters is 1. The van der Waals surface area contributed by atoms with Crippen LogP contribution in [0.5, 0.6) is 11.5 Å². The monoisotopic (exact) mass is 516 g/mol. The number of methoxy groups -OCH3 is 1. The number of nitro groups is 1. The van der Waals surface area contributed by atoms with Crippen LogP contribution in [-0.4, -0.2) is 46.6 Å². The lowest BCUT2D eigenvalue weighted by molar-refractivity contribution is -0.386. The number of rotatable bonds is 9. The van der Waals surface area contributed by atoms with Gasteiger partial charge in [0, 0.05) is 17.2 Å². The maximum Gasteiger partial charge on any atom is 0.347 e. The third kappa shape index (κ3) is 5.36. The Morgan fingerprint density at radius 1 is 1.16 bits per heavy atom. The van der Waals surface area contributed by atoms with Gasteiger partial charge in [0.1, 0.15) is 0 Å². The predicted octanol–water partition coefficient (Wildman–Crippen LogP) is 4.19. The number of fused-ring (bicyclic) bond motifs is 1. The Morgan fingerprint density at radius 2 is 1.87 bits per heavy atom. The topological polar surface area (TPSA) is 135 Å². The van der Waals surface area contributed by atoms with Gasteiger partial charge in [-0.15, -0.1) is 0 Å². The van der Waals surface area contributed by atoms with Gasteiger partial charge in [-0.3, -0.25) is 14.9 Å². The highest BCUT2D eigenvalue weighted by molar-refractivity contribution is 5.84. The summed E-state index contributed by atoms with van der Waals surface area (Å²) in [7, 11) is 1.31. The number of nitrogens with zero attached hydrogens (tertiary/aromatic N) is 4. The minimum absolute atomic E-state index is 0.00376. The molecule has 38 heavy (non-hydrogen) atoms. The summed E-state index contributed by atoms with van der Waals surface area (Å²) in [6, 6.07) is 18.6. The lowest BCUT2D eigenvalue weighted by atomic mass is 10.1. The molecule has 1 heterocycles. The molecule has 0 bridgehead atoms. The molecule has 0 amide bonds. The van der Waals surface area contributed by atoms with E-state index in [4.69, 9.17) is 14.2 Å². The first kappa shape index (κ1) is 26.0. The SMILES string of the molecule is CCOC(=O)[C@H](C)Oc1c(OC)cc(C=Nn2c(-c3ccccc3)nc3ccccc3c2=O)cc1[N+](=O)[O-]. The molecular formula is C27H24N4O7. The Bertz CT molecular complexity index is 1580. The van der Waals surface area contributed by atoms with Gasteiger partial charge in [0.2, 0.25) is 5.75 Å². The van der Waals surface area contributed by atoms with E-state index < -0.39 is 28.2 Å². The van der Waals surface area contributed by atoms with Crippen LogP contribution in [0, 0.1) is 10.1 Å². The number of nitro benzene ring substituents is 1. The van der Waals surface area contributed by atoms with Gasteiger partial charge in [0.05, 0.1) is 35.8 Å². The second-order valence-corrected chi connectivity index (χ2v) is 8.02. The summed E-state index contributed by atoms with van der Waals surface area (Å²) in [6.07, 6.45) is 0.177. The molecule has 0 aliphatic heterocycles. The lowest BCUT2D eigenvalue weighted by Crippen LogP contribution is -2.26. The van der Waals surface area contributed by atoms with Crippen LogP contribution in [0.3, 0.4) is 0 Å². The van der Waals surface area contributed by atoms with Gasteiger partial charge >= 0.3 is 11.7 Å². The molecule has 4 rings (SSSR count). The number of hydrogen-bond acceptors (Lipinski definition) is 9. The van der Waals surface area contributed by atoms with E-state index in [-0.39, 0.29) is 23.7 Å². The van der Waals surface area contributed by atoms with Crippen LogP contribution in [0.4, 0.5) is 5.69 Å². The minimum Gasteiger partial charge on any atom is -0.493 e. The molecule has 1 atom stereocenters. The summed E-state index contributed by atoms with van der Waals surface area (Å²) in [6.45, 7) is 3.19. The number of carbonyl (C=O) groups is 1. The molecule has 1 aromatic heterocycles. The molecule has 0 fully saturated rings. The second-order valence-electron chi connectivity index (χ2n) is 8.02. The van der Waals surface area contributed by atoms with E-state index in [1.54, 1.807) is 43.3 Å².